The summed E-state index contributed by atoms with van der Waals surface area (Å²) in [6.07, 6.45) is 0. The summed E-state index contributed by atoms with van der Waals surface area (Å²) in [5.74, 6) is -0.632. The maximum atomic E-state index is 12.1. The molecule has 1 unspecified atom stereocenters. The van der Waals surface area contributed by atoms with Crippen molar-refractivity contribution >= 4 is 33.1 Å². The van der Waals surface area contributed by atoms with Gasteiger partial charge in [-0.1, -0.05) is 26.1 Å². The largest absolute Gasteiger partial charge is 0.392 e. The summed E-state index contributed by atoms with van der Waals surface area (Å²) in [5.41, 5.74) is 10.4. The third-order valence-electron chi connectivity index (χ3n) is 2.11. The molecule has 8 heteroatoms. The van der Waals surface area contributed by atoms with Crippen LogP contribution in [0.2, 0.25) is 0 Å². The van der Waals surface area contributed by atoms with Gasteiger partial charge in [0.25, 0.3) is 0 Å². The van der Waals surface area contributed by atoms with Crippen molar-refractivity contribution in [3.05, 3.63) is 0 Å². The van der Waals surface area contributed by atoms with Gasteiger partial charge in [-0.25, -0.2) is 8.42 Å². The average molecular weight is 281 g/mol. The Morgan fingerprint density at radius 3 is 2.06 bits per heavy atom. The van der Waals surface area contributed by atoms with Gasteiger partial charge >= 0.3 is 0 Å². The van der Waals surface area contributed by atoms with Crippen LogP contribution in [0, 0.1) is 5.92 Å². The zero-order chi connectivity index (χ0) is 13.8. The molecule has 0 rings (SSSR count). The zero-order valence-electron chi connectivity index (χ0n) is 10.2. The van der Waals surface area contributed by atoms with Crippen LogP contribution in [-0.4, -0.2) is 42.0 Å². The first kappa shape index (κ1) is 16.3. The summed E-state index contributed by atoms with van der Waals surface area (Å²) in [7, 11) is -3.72. The van der Waals surface area contributed by atoms with Crippen LogP contribution in [0.3, 0.4) is 0 Å². The van der Waals surface area contributed by atoms with Gasteiger partial charge < -0.3 is 11.5 Å². The molecular weight excluding hydrogens is 262 g/mol. The Bertz CT molecular complexity index is 392. The molecule has 0 aromatic carbocycles. The number of carbonyl (C=O) groups is 1. The van der Waals surface area contributed by atoms with Crippen molar-refractivity contribution in [3.8, 4) is 0 Å². The van der Waals surface area contributed by atoms with E-state index >= 15 is 0 Å². The predicted octanol–water partition coefficient (Wildman–Crippen LogP) is -0.566. The standard InChI is InChI=1S/C9H19N3O3S2/c1-6(2)4-12(5-8(10)13)17(14,15)7(3)9(11)16/h6-7H,4-5H2,1-3H3,(H2,10,13)(H2,11,16). The first-order chi connectivity index (χ1) is 7.59. The highest BCUT2D eigenvalue weighted by molar-refractivity contribution is 7.92. The minimum atomic E-state index is -3.72. The van der Waals surface area contributed by atoms with E-state index in [1.807, 2.05) is 13.8 Å². The molecule has 0 fully saturated rings. The Hall–Kier alpha value is -0.730. The Kier molecular flexibility index (Phi) is 6.00. The van der Waals surface area contributed by atoms with E-state index in [-0.39, 0.29) is 24.0 Å². The Morgan fingerprint density at radius 1 is 1.29 bits per heavy atom. The third-order valence-corrected chi connectivity index (χ3v) is 4.76. The number of sulfonamides is 1. The van der Waals surface area contributed by atoms with E-state index in [2.05, 4.69) is 12.2 Å². The maximum absolute atomic E-state index is 12.1. The fourth-order valence-electron chi connectivity index (χ4n) is 1.21. The number of primary amides is 1. The monoisotopic (exact) mass is 281 g/mol. The number of hydrogen-bond acceptors (Lipinski definition) is 4. The summed E-state index contributed by atoms with van der Waals surface area (Å²) in [6.45, 7) is 4.93. The van der Waals surface area contributed by atoms with Crippen LogP contribution in [0.25, 0.3) is 0 Å². The van der Waals surface area contributed by atoms with Gasteiger partial charge in [-0.15, -0.1) is 0 Å². The average Bonchev–Trinajstić information content (AvgIpc) is 2.13. The molecule has 0 heterocycles. The van der Waals surface area contributed by atoms with Gasteiger partial charge in [0.1, 0.15) is 5.25 Å². The van der Waals surface area contributed by atoms with Crippen molar-refractivity contribution in [2.75, 3.05) is 13.1 Å². The molecule has 1 atom stereocenters. The van der Waals surface area contributed by atoms with Crippen LogP contribution >= 0.6 is 12.2 Å². The molecule has 17 heavy (non-hydrogen) atoms. The molecule has 100 valence electrons. The van der Waals surface area contributed by atoms with Crippen LogP contribution in [0.15, 0.2) is 0 Å². The maximum Gasteiger partial charge on any atom is 0.232 e. The highest BCUT2D eigenvalue weighted by atomic mass is 32.2. The summed E-state index contributed by atoms with van der Waals surface area (Å²) in [6, 6.07) is 0. The summed E-state index contributed by atoms with van der Waals surface area (Å²) in [4.78, 5) is 10.8. The molecule has 0 aliphatic carbocycles. The van der Waals surface area contributed by atoms with Gasteiger partial charge in [-0.3, -0.25) is 4.79 Å². The highest BCUT2D eigenvalue weighted by Gasteiger charge is 2.31. The molecule has 1 amide bonds. The summed E-state index contributed by atoms with van der Waals surface area (Å²) < 4.78 is 25.2. The number of carbonyl (C=O) groups excluding carboxylic acids is 1. The van der Waals surface area contributed by atoms with Crippen molar-refractivity contribution in [2.24, 2.45) is 17.4 Å². The van der Waals surface area contributed by atoms with E-state index in [4.69, 9.17) is 11.5 Å². The number of amides is 1. The van der Waals surface area contributed by atoms with Gasteiger partial charge in [0.05, 0.1) is 11.5 Å². The second-order valence-electron chi connectivity index (χ2n) is 4.24. The molecular formula is C9H19N3O3S2. The van der Waals surface area contributed by atoms with Gasteiger partial charge in [-0.05, 0) is 12.8 Å². The first-order valence-electron chi connectivity index (χ1n) is 5.15. The molecule has 0 saturated carbocycles. The lowest BCUT2D eigenvalue weighted by Gasteiger charge is -2.25. The molecule has 0 aliphatic rings. The van der Waals surface area contributed by atoms with E-state index in [9.17, 15) is 13.2 Å². The van der Waals surface area contributed by atoms with E-state index in [0.29, 0.717) is 0 Å². The summed E-state index contributed by atoms with van der Waals surface area (Å²) in [5, 5.41) is -1.00. The van der Waals surface area contributed by atoms with E-state index in [0.717, 1.165) is 4.31 Å². The van der Waals surface area contributed by atoms with Crippen LogP contribution in [-0.2, 0) is 14.8 Å². The minimum absolute atomic E-state index is 0.0719. The molecule has 0 radical (unpaired) electrons. The Balaban J connectivity index is 5.15. The molecule has 6 nitrogen and oxygen atoms in total. The van der Waals surface area contributed by atoms with Gasteiger partial charge in [0.2, 0.25) is 15.9 Å². The molecule has 0 spiro atoms. The lowest BCUT2D eigenvalue weighted by atomic mass is 10.2. The molecule has 4 N–H and O–H groups in total. The molecule has 0 aliphatic heterocycles. The van der Waals surface area contributed by atoms with E-state index in [1.165, 1.54) is 6.92 Å². The second kappa shape index (κ2) is 6.27. The van der Waals surface area contributed by atoms with Crippen LogP contribution in [0.5, 0.6) is 0 Å². The molecule has 0 aromatic rings. The highest BCUT2D eigenvalue weighted by Crippen LogP contribution is 2.11. The molecule has 0 bridgehead atoms. The zero-order valence-corrected chi connectivity index (χ0v) is 11.8. The van der Waals surface area contributed by atoms with Crippen molar-refractivity contribution in [1.29, 1.82) is 0 Å². The van der Waals surface area contributed by atoms with Crippen molar-refractivity contribution in [1.82, 2.24) is 4.31 Å². The second-order valence-corrected chi connectivity index (χ2v) is 6.97. The molecule has 0 aromatic heterocycles. The Morgan fingerprint density at radius 2 is 1.76 bits per heavy atom. The van der Waals surface area contributed by atoms with Gasteiger partial charge in [0.15, 0.2) is 0 Å². The number of hydrogen-bond donors (Lipinski definition) is 2. The Labute approximate surface area is 107 Å². The van der Waals surface area contributed by atoms with E-state index < -0.39 is 21.2 Å². The smallest absolute Gasteiger partial charge is 0.232 e. The first-order valence-corrected chi connectivity index (χ1v) is 7.06. The number of rotatable bonds is 7. The summed E-state index contributed by atoms with van der Waals surface area (Å²) >= 11 is 4.67. The van der Waals surface area contributed by atoms with Crippen molar-refractivity contribution in [3.63, 3.8) is 0 Å². The normalized spacial score (nSPS) is 13.9. The number of thiocarbonyl (C=S) groups is 1. The number of nitrogens with two attached hydrogens (primary N) is 2. The molecule has 0 saturated heterocycles. The quantitative estimate of drug-likeness (QED) is 0.608. The SMILES string of the molecule is CC(C)CN(CC(N)=O)S(=O)(=O)C(C)C(N)=S. The third kappa shape index (κ3) is 4.97. The lowest BCUT2D eigenvalue weighted by molar-refractivity contribution is -0.118. The lowest BCUT2D eigenvalue weighted by Crippen LogP contribution is -2.47. The van der Waals surface area contributed by atoms with Crippen LogP contribution in [0.4, 0.5) is 0 Å². The van der Waals surface area contributed by atoms with Gasteiger partial charge in [-0.2, -0.15) is 4.31 Å². The predicted molar refractivity (Wildman–Crippen MR) is 70.8 cm³/mol. The topological polar surface area (TPSA) is 106 Å². The fourth-order valence-corrected chi connectivity index (χ4v) is 3.13. The minimum Gasteiger partial charge on any atom is -0.392 e. The van der Waals surface area contributed by atoms with Crippen molar-refractivity contribution in [2.45, 2.75) is 26.0 Å². The number of nitrogens with zero attached hydrogens (tertiary/aromatic N) is 1. The van der Waals surface area contributed by atoms with Crippen LogP contribution in [0.1, 0.15) is 20.8 Å². The fraction of sp³-hybridized carbons (Fsp3) is 0.778. The van der Waals surface area contributed by atoms with E-state index in [1.54, 1.807) is 0 Å². The van der Waals surface area contributed by atoms with Crippen molar-refractivity contribution < 1.29 is 13.2 Å². The van der Waals surface area contributed by atoms with Gasteiger partial charge in [0, 0.05) is 6.54 Å². The van der Waals surface area contributed by atoms with Crippen LogP contribution < -0.4 is 11.5 Å².